The summed E-state index contributed by atoms with van der Waals surface area (Å²) < 4.78 is 16.1. The van der Waals surface area contributed by atoms with E-state index >= 15 is 0 Å². The number of carbonyl (C=O) groups excluding carboxylic acids is 2. The molecule has 0 spiro atoms. The maximum Gasteiger partial charge on any atom is 0.415 e. The highest BCUT2D eigenvalue weighted by molar-refractivity contribution is 5.95. The van der Waals surface area contributed by atoms with E-state index in [9.17, 15) is 9.59 Å². The van der Waals surface area contributed by atoms with E-state index < -0.39 is 6.09 Å². The quantitative estimate of drug-likeness (QED) is 0.471. The van der Waals surface area contributed by atoms with Gasteiger partial charge in [-0.2, -0.15) is 10.2 Å². The Morgan fingerprint density at radius 1 is 1.20 bits per heavy atom. The second-order valence-corrected chi connectivity index (χ2v) is 8.10. The van der Waals surface area contributed by atoms with Gasteiger partial charge in [0.2, 0.25) is 0 Å². The van der Waals surface area contributed by atoms with Crippen molar-refractivity contribution < 1.29 is 23.8 Å². The van der Waals surface area contributed by atoms with Crippen LogP contribution in [0.2, 0.25) is 0 Å². The third kappa shape index (κ3) is 5.14. The molecular formula is C24H24N6O5. The highest BCUT2D eigenvalue weighted by Crippen LogP contribution is 2.30. The van der Waals surface area contributed by atoms with Crippen LogP contribution in [-0.4, -0.2) is 60.1 Å². The molecule has 35 heavy (non-hydrogen) atoms. The van der Waals surface area contributed by atoms with Crippen molar-refractivity contribution in [2.75, 3.05) is 37.0 Å². The van der Waals surface area contributed by atoms with Gasteiger partial charge in [0.1, 0.15) is 17.7 Å². The molecule has 180 valence electrons. The Morgan fingerprint density at radius 3 is 3.00 bits per heavy atom. The minimum atomic E-state index is -0.470. The predicted molar refractivity (Wildman–Crippen MR) is 126 cm³/mol. The van der Waals surface area contributed by atoms with Crippen molar-refractivity contribution in [2.45, 2.75) is 19.1 Å². The molecule has 3 aromatic rings. The van der Waals surface area contributed by atoms with Crippen LogP contribution in [0.5, 0.6) is 11.5 Å². The van der Waals surface area contributed by atoms with Gasteiger partial charge in [-0.3, -0.25) is 9.69 Å². The Hall–Kier alpha value is -4.25. The fourth-order valence-corrected chi connectivity index (χ4v) is 3.90. The SMILES string of the molecule is COc1cccc(-c2cnnc(CNCC[C@H]3CN(c4ccc5c(n4)NC(=O)CO5)C(=O)O3)c2)c1. The zero-order valence-corrected chi connectivity index (χ0v) is 19.1. The molecule has 2 amide bonds. The summed E-state index contributed by atoms with van der Waals surface area (Å²) in [7, 11) is 1.64. The largest absolute Gasteiger partial charge is 0.497 e. The molecule has 11 nitrogen and oxygen atoms in total. The van der Waals surface area contributed by atoms with Gasteiger partial charge in [-0.1, -0.05) is 12.1 Å². The third-order valence-corrected chi connectivity index (χ3v) is 5.67. The van der Waals surface area contributed by atoms with Gasteiger partial charge in [0, 0.05) is 12.1 Å². The van der Waals surface area contributed by atoms with Crippen molar-refractivity contribution in [3.8, 4) is 22.6 Å². The molecule has 2 aliphatic heterocycles. The number of pyridine rings is 1. The number of carbonyl (C=O) groups is 2. The van der Waals surface area contributed by atoms with Crippen LogP contribution in [-0.2, 0) is 16.1 Å². The van der Waals surface area contributed by atoms with E-state index in [2.05, 4.69) is 25.8 Å². The topological polar surface area (TPSA) is 128 Å². The predicted octanol–water partition coefficient (Wildman–Crippen LogP) is 2.38. The fourth-order valence-electron chi connectivity index (χ4n) is 3.90. The molecule has 0 radical (unpaired) electrons. The Morgan fingerprint density at radius 2 is 2.11 bits per heavy atom. The number of benzene rings is 1. The van der Waals surface area contributed by atoms with Crippen molar-refractivity contribution in [1.82, 2.24) is 20.5 Å². The molecule has 2 N–H and O–H groups in total. The highest BCUT2D eigenvalue weighted by atomic mass is 16.6. The minimum Gasteiger partial charge on any atom is -0.497 e. The van der Waals surface area contributed by atoms with E-state index in [1.807, 2.05) is 30.3 Å². The monoisotopic (exact) mass is 476 g/mol. The van der Waals surface area contributed by atoms with E-state index in [0.717, 1.165) is 22.6 Å². The molecule has 4 heterocycles. The maximum absolute atomic E-state index is 12.4. The van der Waals surface area contributed by atoms with Gasteiger partial charge in [0.15, 0.2) is 18.2 Å². The third-order valence-electron chi connectivity index (χ3n) is 5.67. The average Bonchev–Trinajstić information content (AvgIpc) is 3.26. The summed E-state index contributed by atoms with van der Waals surface area (Å²) >= 11 is 0. The van der Waals surface area contributed by atoms with E-state index in [1.54, 1.807) is 25.4 Å². The number of amides is 2. The van der Waals surface area contributed by atoms with Gasteiger partial charge in [0.05, 0.1) is 25.5 Å². The molecule has 1 aromatic carbocycles. The normalized spacial score (nSPS) is 16.8. The van der Waals surface area contributed by atoms with Crippen molar-refractivity contribution in [3.05, 3.63) is 54.4 Å². The zero-order valence-electron chi connectivity index (χ0n) is 19.1. The van der Waals surface area contributed by atoms with Crippen LogP contribution >= 0.6 is 0 Å². The summed E-state index contributed by atoms with van der Waals surface area (Å²) in [6.07, 6.45) is 1.59. The highest BCUT2D eigenvalue weighted by Gasteiger charge is 2.33. The lowest BCUT2D eigenvalue weighted by Crippen LogP contribution is -2.29. The molecule has 1 fully saturated rings. The van der Waals surface area contributed by atoms with Crippen molar-refractivity contribution in [1.29, 1.82) is 0 Å². The molecule has 0 saturated carbocycles. The Bertz CT molecular complexity index is 1250. The van der Waals surface area contributed by atoms with Crippen LogP contribution in [0.3, 0.4) is 0 Å². The van der Waals surface area contributed by atoms with E-state index in [1.165, 1.54) is 4.90 Å². The number of rotatable bonds is 8. The summed E-state index contributed by atoms with van der Waals surface area (Å²) in [5.74, 6) is 1.67. The Kier molecular flexibility index (Phi) is 6.40. The summed E-state index contributed by atoms with van der Waals surface area (Å²) in [6.45, 7) is 1.47. The van der Waals surface area contributed by atoms with Gasteiger partial charge >= 0.3 is 6.09 Å². The number of aromatic nitrogens is 3. The molecule has 11 heteroatoms. The van der Waals surface area contributed by atoms with Gasteiger partial charge in [-0.05, 0) is 48.9 Å². The molecule has 5 rings (SSSR count). The number of hydrogen-bond donors (Lipinski definition) is 2. The second-order valence-electron chi connectivity index (χ2n) is 8.10. The molecule has 2 aromatic heterocycles. The first kappa shape index (κ1) is 22.5. The minimum absolute atomic E-state index is 0.0499. The maximum atomic E-state index is 12.4. The van der Waals surface area contributed by atoms with Crippen LogP contribution in [0.1, 0.15) is 12.1 Å². The van der Waals surface area contributed by atoms with Gasteiger partial charge in [0.25, 0.3) is 5.91 Å². The lowest BCUT2D eigenvalue weighted by Gasteiger charge is -2.19. The van der Waals surface area contributed by atoms with Crippen LogP contribution < -0.4 is 25.0 Å². The lowest BCUT2D eigenvalue weighted by atomic mass is 10.1. The average molecular weight is 476 g/mol. The first-order valence-electron chi connectivity index (χ1n) is 11.2. The zero-order chi connectivity index (χ0) is 24.2. The van der Waals surface area contributed by atoms with Crippen LogP contribution in [0.4, 0.5) is 16.4 Å². The second kappa shape index (κ2) is 9.94. The first-order valence-corrected chi connectivity index (χ1v) is 11.2. The summed E-state index contributed by atoms with van der Waals surface area (Å²) in [5.41, 5.74) is 2.76. The molecule has 1 atom stereocenters. The van der Waals surface area contributed by atoms with Crippen molar-refractivity contribution >= 4 is 23.6 Å². The first-order chi connectivity index (χ1) is 17.1. The molecular weight excluding hydrogens is 452 g/mol. The molecule has 0 unspecified atom stereocenters. The number of hydrogen-bond acceptors (Lipinski definition) is 9. The number of nitrogens with one attached hydrogen (secondary N) is 2. The van der Waals surface area contributed by atoms with E-state index in [4.69, 9.17) is 14.2 Å². The van der Waals surface area contributed by atoms with Crippen molar-refractivity contribution in [2.24, 2.45) is 0 Å². The lowest BCUT2D eigenvalue weighted by molar-refractivity contribution is -0.118. The van der Waals surface area contributed by atoms with Crippen LogP contribution in [0, 0.1) is 0 Å². The number of methoxy groups -OCH3 is 1. The Labute approximate surface area is 201 Å². The summed E-state index contributed by atoms with van der Waals surface area (Å²) in [5, 5.41) is 14.3. The van der Waals surface area contributed by atoms with Crippen LogP contribution in [0.15, 0.2) is 48.7 Å². The smallest absolute Gasteiger partial charge is 0.415 e. The summed E-state index contributed by atoms with van der Waals surface area (Å²) in [6, 6.07) is 13.1. The standard InChI is InChI=1S/C24H24N6O5/c1-33-18-4-2-3-15(10-18)16-9-17(29-26-11-16)12-25-8-7-19-13-30(24(32)35-19)21-6-5-20-23(27-21)28-22(31)14-34-20/h2-6,9-11,19,25H,7-8,12-14H2,1H3,(H,27,28,31)/t19-/m0/s1. The molecule has 0 bridgehead atoms. The van der Waals surface area contributed by atoms with Gasteiger partial charge in [-0.25, -0.2) is 9.78 Å². The molecule has 1 saturated heterocycles. The van der Waals surface area contributed by atoms with E-state index in [-0.39, 0.29) is 18.6 Å². The van der Waals surface area contributed by atoms with Gasteiger partial charge < -0.3 is 24.8 Å². The van der Waals surface area contributed by atoms with Gasteiger partial charge in [-0.15, -0.1) is 0 Å². The number of ether oxygens (including phenoxy) is 3. The number of nitrogens with zero attached hydrogens (tertiary/aromatic N) is 4. The summed E-state index contributed by atoms with van der Waals surface area (Å²) in [4.78, 5) is 29.7. The van der Waals surface area contributed by atoms with E-state index in [0.29, 0.717) is 43.4 Å². The number of fused-ring (bicyclic) bond motifs is 1. The molecule has 2 aliphatic rings. The fraction of sp³-hybridized carbons (Fsp3) is 0.292. The molecule has 0 aliphatic carbocycles. The number of anilines is 2. The van der Waals surface area contributed by atoms with Crippen LogP contribution in [0.25, 0.3) is 11.1 Å². The number of cyclic esters (lactones) is 1. The van der Waals surface area contributed by atoms with Crippen molar-refractivity contribution in [3.63, 3.8) is 0 Å². The Balaban J connectivity index is 1.13.